The molecule has 3 N–H and O–H groups in total. The first-order chi connectivity index (χ1) is 7.38. The van der Waals surface area contributed by atoms with E-state index in [0.717, 1.165) is 31.8 Å². The Bertz CT molecular complexity index is 332. The third-order valence-electron chi connectivity index (χ3n) is 2.60. The van der Waals surface area contributed by atoms with Crippen molar-refractivity contribution in [3.63, 3.8) is 0 Å². The van der Waals surface area contributed by atoms with Gasteiger partial charge in [0.15, 0.2) is 0 Å². The number of hydrogen-bond donors (Lipinski definition) is 2. The second kappa shape index (κ2) is 4.94. The monoisotopic (exact) mass is 203 g/mol. The summed E-state index contributed by atoms with van der Waals surface area (Å²) in [6.45, 7) is 1.60. The Kier molecular flexibility index (Phi) is 3.35. The topological polar surface area (TPSA) is 50.4 Å². The molecule has 0 saturated carbocycles. The van der Waals surface area contributed by atoms with Crippen molar-refractivity contribution >= 4 is 5.84 Å². The minimum absolute atomic E-state index is 0.453. The number of hydrogen-bond acceptors (Lipinski definition) is 3. The van der Waals surface area contributed by atoms with Crippen LogP contribution in [-0.2, 0) is 6.42 Å². The van der Waals surface area contributed by atoms with E-state index in [1.165, 1.54) is 5.56 Å². The molecule has 1 heterocycles. The van der Waals surface area contributed by atoms with Crippen molar-refractivity contribution < 1.29 is 0 Å². The summed E-state index contributed by atoms with van der Waals surface area (Å²) in [6.07, 6.45) is 1.91. The fraction of sp³-hybridized carbons (Fsp3) is 0.417. The molecular weight excluding hydrogens is 186 g/mol. The molecule has 3 heteroatoms. The molecule has 1 aromatic rings. The average Bonchev–Trinajstić information content (AvgIpc) is 2.68. The minimum atomic E-state index is 0.453. The molecule has 15 heavy (non-hydrogen) atoms. The van der Waals surface area contributed by atoms with Gasteiger partial charge in [0, 0.05) is 12.5 Å². The molecule has 0 aromatic heterocycles. The zero-order valence-corrected chi connectivity index (χ0v) is 8.82. The van der Waals surface area contributed by atoms with Gasteiger partial charge in [-0.1, -0.05) is 30.3 Å². The van der Waals surface area contributed by atoms with Crippen LogP contribution in [0.4, 0.5) is 0 Å². The molecule has 1 aliphatic rings. The first-order valence-electron chi connectivity index (χ1n) is 5.42. The fourth-order valence-electron chi connectivity index (χ4n) is 1.81. The Morgan fingerprint density at radius 2 is 2.13 bits per heavy atom. The van der Waals surface area contributed by atoms with Gasteiger partial charge in [-0.3, -0.25) is 4.99 Å². The lowest BCUT2D eigenvalue weighted by molar-refractivity contribution is 0.608. The van der Waals surface area contributed by atoms with Crippen LogP contribution in [-0.4, -0.2) is 25.0 Å². The lowest BCUT2D eigenvalue weighted by atomic mass is 10.1. The maximum absolute atomic E-state index is 5.52. The molecular formula is C12H17N3. The highest BCUT2D eigenvalue weighted by molar-refractivity contribution is 5.86. The number of nitrogens with two attached hydrogens (primary N) is 1. The van der Waals surface area contributed by atoms with Crippen molar-refractivity contribution in [3.05, 3.63) is 35.9 Å². The maximum Gasteiger partial charge on any atom is 0.101 e. The lowest BCUT2D eigenvalue weighted by Gasteiger charge is -2.09. The summed E-state index contributed by atoms with van der Waals surface area (Å²) in [5.74, 6) is 1.10. The smallest absolute Gasteiger partial charge is 0.101 e. The van der Waals surface area contributed by atoms with Crippen molar-refractivity contribution in [2.75, 3.05) is 13.1 Å². The summed E-state index contributed by atoms with van der Waals surface area (Å²) >= 11 is 0. The summed E-state index contributed by atoms with van der Waals surface area (Å²) in [5.41, 5.74) is 6.82. The summed E-state index contributed by atoms with van der Waals surface area (Å²) < 4.78 is 0. The minimum Gasteiger partial charge on any atom is -0.369 e. The van der Waals surface area contributed by atoms with Crippen molar-refractivity contribution in [2.45, 2.75) is 18.9 Å². The van der Waals surface area contributed by atoms with Gasteiger partial charge in [-0.2, -0.15) is 0 Å². The van der Waals surface area contributed by atoms with Gasteiger partial charge >= 0.3 is 0 Å². The molecule has 0 unspecified atom stereocenters. The van der Waals surface area contributed by atoms with Crippen LogP contribution >= 0.6 is 0 Å². The highest BCUT2D eigenvalue weighted by atomic mass is 15.1. The number of benzene rings is 1. The molecule has 0 aliphatic carbocycles. The molecule has 0 saturated heterocycles. The SMILES string of the molecule is NCC[C@H]1CN=C(Cc2ccccc2)N1. The van der Waals surface area contributed by atoms with Crippen molar-refractivity contribution in [1.29, 1.82) is 0 Å². The average molecular weight is 203 g/mol. The highest BCUT2D eigenvalue weighted by Crippen LogP contribution is 2.05. The van der Waals surface area contributed by atoms with Crippen molar-refractivity contribution in [3.8, 4) is 0 Å². The Morgan fingerprint density at radius 1 is 1.33 bits per heavy atom. The second-order valence-electron chi connectivity index (χ2n) is 3.87. The van der Waals surface area contributed by atoms with E-state index in [0.29, 0.717) is 6.04 Å². The molecule has 1 aliphatic heterocycles. The van der Waals surface area contributed by atoms with Crippen LogP contribution in [0, 0.1) is 0 Å². The van der Waals surface area contributed by atoms with E-state index in [2.05, 4.69) is 34.6 Å². The number of nitrogens with zero attached hydrogens (tertiary/aromatic N) is 1. The van der Waals surface area contributed by atoms with Crippen molar-refractivity contribution in [2.24, 2.45) is 10.7 Å². The van der Waals surface area contributed by atoms with E-state index in [4.69, 9.17) is 5.73 Å². The number of aliphatic imine (C=N–C) groups is 1. The Labute approximate surface area is 90.4 Å². The highest BCUT2D eigenvalue weighted by Gasteiger charge is 2.15. The first kappa shape index (κ1) is 10.2. The lowest BCUT2D eigenvalue weighted by Crippen LogP contribution is -2.32. The van der Waals surface area contributed by atoms with Gasteiger partial charge in [-0.05, 0) is 18.5 Å². The third-order valence-corrected chi connectivity index (χ3v) is 2.60. The quantitative estimate of drug-likeness (QED) is 0.765. The first-order valence-corrected chi connectivity index (χ1v) is 5.42. The Hall–Kier alpha value is -1.35. The maximum atomic E-state index is 5.52. The van der Waals surface area contributed by atoms with E-state index in [1.807, 2.05) is 6.07 Å². The summed E-state index contributed by atoms with van der Waals surface area (Å²) in [6, 6.07) is 10.9. The van der Waals surface area contributed by atoms with Crippen LogP contribution in [0.3, 0.4) is 0 Å². The second-order valence-corrected chi connectivity index (χ2v) is 3.87. The van der Waals surface area contributed by atoms with Crippen LogP contribution in [0.5, 0.6) is 0 Å². The van der Waals surface area contributed by atoms with Gasteiger partial charge in [0.25, 0.3) is 0 Å². The van der Waals surface area contributed by atoms with E-state index >= 15 is 0 Å². The van der Waals surface area contributed by atoms with Gasteiger partial charge in [-0.25, -0.2) is 0 Å². The van der Waals surface area contributed by atoms with E-state index < -0.39 is 0 Å². The van der Waals surface area contributed by atoms with E-state index in [9.17, 15) is 0 Å². The molecule has 0 spiro atoms. The zero-order chi connectivity index (χ0) is 10.5. The fourth-order valence-corrected chi connectivity index (χ4v) is 1.81. The molecule has 80 valence electrons. The molecule has 3 nitrogen and oxygen atoms in total. The van der Waals surface area contributed by atoms with Gasteiger partial charge in [-0.15, -0.1) is 0 Å². The molecule has 0 radical (unpaired) electrons. The van der Waals surface area contributed by atoms with Gasteiger partial charge in [0.05, 0.1) is 6.54 Å². The van der Waals surface area contributed by atoms with E-state index in [-0.39, 0.29) is 0 Å². The van der Waals surface area contributed by atoms with E-state index in [1.54, 1.807) is 0 Å². The summed E-state index contributed by atoms with van der Waals surface area (Å²) in [5, 5.41) is 3.41. The van der Waals surface area contributed by atoms with Crippen LogP contribution in [0.15, 0.2) is 35.3 Å². The summed E-state index contributed by atoms with van der Waals surface area (Å²) in [4.78, 5) is 4.48. The third kappa shape index (κ3) is 2.80. The Morgan fingerprint density at radius 3 is 2.87 bits per heavy atom. The van der Waals surface area contributed by atoms with Gasteiger partial charge < -0.3 is 11.1 Å². The predicted octanol–water partition coefficient (Wildman–Crippen LogP) is 0.948. The molecule has 1 aromatic carbocycles. The summed E-state index contributed by atoms with van der Waals surface area (Å²) in [7, 11) is 0. The zero-order valence-electron chi connectivity index (χ0n) is 8.82. The largest absolute Gasteiger partial charge is 0.369 e. The van der Waals surface area contributed by atoms with Crippen molar-refractivity contribution in [1.82, 2.24) is 5.32 Å². The normalized spacial score (nSPS) is 19.8. The number of nitrogens with one attached hydrogen (secondary N) is 1. The number of rotatable bonds is 4. The molecule has 1 atom stereocenters. The molecule has 0 bridgehead atoms. The van der Waals surface area contributed by atoms with Crippen LogP contribution in [0.1, 0.15) is 12.0 Å². The molecule has 2 rings (SSSR count). The standard InChI is InChI=1S/C12H17N3/c13-7-6-11-9-14-12(15-11)8-10-4-2-1-3-5-10/h1-5,11H,6-9,13H2,(H,14,15)/t11-/m0/s1. The predicted molar refractivity (Wildman–Crippen MR) is 63.0 cm³/mol. The Balaban J connectivity index is 1.87. The van der Waals surface area contributed by atoms with Crippen LogP contribution in [0.25, 0.3) is 0 Å². The van der Waals surface area contributed by atoms with Crippen LogP contribution in [0.2, 0.25) is 0 Å². The molecule has 0 amide bonds. The van der Waals surface area contributed by atoms with Gasteiger partial charge in [0.1, 0.15) is 5.84 Å². The molecule has 0 fully saturated rings. The number of amidine groups is 1. The van der Waals surface area contributed by atoms with Crippen LogP contribution < -0.4 is 11.1 Å². The van der Waals surface area contributed by atoms with Gasteiger partial charge in [0.2, 0.25) is 0 Å².